The molecule has 120 valence electrons. The third-order valence-corrected chi connectivity index (χ3v) is 3.71. The second-order valence-corrected chi connectivity index (χ2v) is 6.01. The van der Waals surface area contributed by atoms with Gasteiger partial charge < -0.3 is 9.80 Å². The first kappa shape index (κ1) is 16.9. The second-order valence-electron chi connectivity index (χ2n) is 6.01. The Morgan fingerprint density at radius 3 is 1.26 bits per heavy atom. The molecule has 0 aliphatic carbocycles. The summed E-state index contributed by atoms with van der Waals surface area (Å²) in [5, 5.41) is 0. The van der Waals surface area contributed by atoms with Crippen molar-refractivity contribution in [1.29, 1.82) is 0 Å². The van der Waals surface area contributed by atoms with E-state index in [1.165, 1.54) is 22.5 Å². The molecular formula is C21H26N2. The molecule has 0 aromatic heterocycles. The van der Waals surface area contributed by atoms with E-state index in [9.17, 15) is 0 Å². The zero-order valence-electron chi connectivity index (χ0n) is 14.5. The summed E-state index contributed by atoms with van der Waals surface area (Å²) < 4.78 is 0. The Kier molecular flexibility index (Phi) is 6.04. The summed E-state index contributed by atoms with van der Waals surface area (Å²) in [5.74, 6) is 0. The zero-order valence-corrected chi connectivity index (χ0v) is 14.5. The fraction of sp³-hybridized carbons (Fsp3) is 0.238. The van der Waals surface area contributed by atoms with Crippen molar-refractivity contribution < 1.29 is 0 Å². The fourth-order valence-corrected chi connectivity index (χ4v) is 2.25. The average Bonchev–Trinajstić information content (AvgIpc) is 2.55. The summed E-state index contributed by atoms with van der Waals surface area (Å²) in [7, 11) is 8.23. The smallest absolute Gasteiger partial charge is 0.0361 e. The van der Waals surface area contributed by atoms with E-state index in [0.29, 0.717) is 0 Å². The predicted octanol–water partition coefficient (Wildman–Crippen LogP) is 4.94. The highest BCUT2D eigenvalue weighted by molar-refractivity contribution is 5.57. The maximum atomic E-state index is 2.19. The molecule has 0 saturated heterocycles. The molecule has 0 bridgehead atoms. The Balaban J connectivity index is 1.86. The first-order valence-corrected chi connectivity index (χ1v) is 7.94. The zero-order chi connectivity index (χ0) is 16.7. The topological polar surface area (TPSA) is 6.48 Å². The van der Waals surface area contributed by atoms with Crippen molar-refractivity contribution in [1.82, 2.24) is 0 Å². The molecule has 0 fully saturated rings. The molecule has 0 amide bonds. The van der Waals surface area contributed by atoms with Crippen LogP contribution in [0.25, 0.3) is 12.2 Å². The molecule has 23 heavy (non-hydrogen) atoms. The van der Waals surface area contributed by atoms with Gasteiger partial charge in [0, 0.05) is 39.6 Å². The van der Waals surface area contributed by atoms with E-state index < -0.39 is 0 Å². The summed E-state index contributed by atoms with van der Waals surface area (Å²) in [6, 6.07) is 17.2. The Bertz CT molecular complexity index is 588. The molecule has 2 aromatic rings. The third-order valence-electron chi connectivity index (χ3n) is 3.71. The van der Waals surface area contributed by atoms with Gasteiger partial charge in [0.15, 0.2) is 0 Å². The normalized spacial score (nSPS) is 11.3. The lowest BCUT2D eigenvalue weighted by atomic mass is 10.1. The number of benzene rings is 2. The number of hydrogen-bond donors (Lipinski definition) is 0. The van der Waals surface area contributed by atoms with E-state index in [1.54, 1.807) is 0 Å². The van der Waals surface area contributed by atoms with Crippen LogP contribution >= 0.6 is 0 Å². The van der Waals surface area contributed by atoms with Crippen LogP contribution in [0.15, 0.2) is 60.7 Å². The largest absolute Gasteiger partial charge is 0.378 e. The molecule has 2 heteroatoms. The fourth-order valence-electron chi connectivity index (χ4n) is 2.25. The van der Waals surface area contributed by atoms with Crippen LogP contribution in [0.5, 0.6) is 0 Å². The number of allylic oxidation sites excluding steroid dienone is 2. The van der Waals surface area contributed by atoms with Gasteiger partial charge in [-0.05, 0) is 41.8 Å². The van der Waals surface area contributed by atoms with Gasteiger partial charge in [-0.15, -0.1) is 0 Å². The summed E-state index contributed by atoms with van der Waals surface area (Å²) in [6.45, 7) is 0. The van der Waals surface area contributed by atoms with Crippen LogP contribution in [0.1, 0.15) is 17.5 Å². The highest BCUT2D eigenvalue weighted by Gasteiger charge is 1.94. The van der Waals surface area contributed by atoms with Crippen molar-refractivity contribution in [3.8, 4) is 0 Å². The van der Waals surface area contributed by atoms with E-state index >= 15 is 0 Å². The average molecular weight is 306 g/mol. The molecule has 2 aromatic carbocycles. The molecule has 2 rings (SSSR count). The van der Waals surface area contributed by atoms with Crippen LogP contribution in [-0.4, -0.2) is 28.2 Å². The van der Waals surface area contributed by atoms with Gasteiger partial charge >= 0.3 is 0 Å². The van der Waals surface area contributed by atoms with Crippen molar-refractivity contribution in [2.45, 2.75) is 6.42 Å². The van der Waals surface area contributed by atoms with Crippen molar-refractivity contribution in [2.75, 3.05) is 38.0 Å². The van der Waals surface area contributed by atoms with Gasteiger partial charge in [0.25, 0.3) is 0 Å². The molecule has 0 N–H and O–H groups in total. The molecule has 0 radical (unpaired) electrons. The summed E-state index contributed by atoms with van der Waals surface area (Å²) in [6.07, 6.45) is 9.65. The number of hydrogen-bond acceptors (Lipinski definition) is 2. The van der Waals surface area contributed by atoms with Gasteiger partial charge in [-0.3, -0.25) is 0 Å². The Hall–Kier alpha value is -2.48. The Labute approximate surface area is 140 Å². The van der Waals surface area contributed by atoms with Gasteiger partial charge in [-0.1, -0.05) is 48.6 Å². The molecule has 0 unspecified atom stereocenters. The van der Waals surface area contributed by atoms with Crippen LogP contribution in [0.4, 0.5) is 11.4 Å². The maximum Gasteiger partial charge on any atom is 0.0361 e. The Morgan fingerprint density at radius 1 is 0.609 bits per heavy atom. The number of anilines is 2. The van der Waals surface area contributed by atoms with Crippen LogP contribution in [0, 0.1) is 0 Å². The van der Waals surface area contributed by atoms with Crippen molar-refractivity contribution in [3.63, 3.8) is 0 Å². The summed E-state index contributed by atoms with van der Waals surface area (Å²) >= 11 is 0. The summed E-state index contributed by atoms with van der Waals surface area (Å²) in [4.78, 5) is 4.22. The monoisotopic (exact) mass is 306 g/mol. The minimum atomic E-state index is 0.935. The lowest BCUT2D eigenvalue weighted by Gasteiger charge is -2.11. The third kappa shape index (κ3) is 5.33. The molecule has 0 heterocycles. The van der Waals surface area contributed by atoms with Gasteiger partial charge in [0.1, 0.15) is 0 Å². The first-order valence-electron chi connectivity index (χ1n) is 7.94. The molecule has 2 nitrogen and oxygen atoms in total. The van der Waals surface area contributed by atoms with E-state index in [2.05, 4.69) is 111 Å². The minimum absolute atomic E-state index is 0.935. The maximum absolute atomic E-state index is 2.19. The van der Waals surface area contributed by atoms with Crippen LogP contribution in [0.2, 0.25) is 0 Å². The highest BCUT2D eigenvalue weighted by atomic mass is 15.1. The molecule has 0 spiro atoms. The predicted molar refractivity (Wildman–Crippen MR) is 104 cm³/mol. The second kappa shape index (κ2) is 8.23. The highest BCUT2D eigenvalue weighted by Crippen LogP contribution is 2.15. The van der Waals surface area contributed by atoms with Gasteiger partial charge in [0.2, 0.25) is 0 Å². The molecule has 0 aliphatic heterocycles. The lowest BCUT2D eigenvalue weighted by Crippen LogP contribution is -2.07. The minimum Gasteiger partial charge on any atom is -0.378 e. The Morgan fingerprint density at radius 2 is 0.957 bits per heavy atom. The van der Waals surface area contributed by atoms with E-state index in [1.807, 2.05) is 0 Å². The molecular weight excluding hydrogens is 280 g/mol. The number of rotatable bonds is 6. The van der Waals surface area contributed by atoms with Crippen LogP contribution in [-0.2, 0) is 0 Å². The molecule has 0 saturated carbocycles. The first-order chi connectivity index (χ1) is 11.1. The quantitative estimate of drug-likeness (QED) is 0.746. The SMILES string of the molecule is CN(C)c1ccc(C=CCC=Cc2ccc(N(C)C)cc2)cc1. The lowest BCUT2D eigenvalue weighted by molar-refractivity contribution is 1.13. The van der Waals surface area contributed by atoms with E-state index in [0.717, 1.165) is 6.42 Å². The van der Waals surface area contributed by atoms with Gasteiger partial charge in [-0.2, -0.15) is 0 Å². The van der Waals surface area contributed by atoms with E-state index in [-0.39, 0.29) is 0 Å². The van der Waals surface area contributed by atoms with Crippen molar-refractivity contribution in [2.24, 2.45) is 0 Å². The van der Waals surface area contributed by atoms with Gasteiger partial charge in [0.05, 0.1) is 0 Å². The molecule has 0 aliphatic rings. The standard InChI is InChI=1S/C21H26N2/c1-22(2)20-14-10-18(11-15-20)8-6-5-7-9-19-12-16-21(17-13-19)23(3)4/h6-17H,5H2,1-4H3. The summed E-state index contributed by atoms with van der Waals surface area (Å²) in [5.41, 5.74) is 4.92. The number of nitrogens with zero attached hydrogens (tertiary/aromatic N) is 2. The van der Waals surface area contributed by atoms with E-state index in [4.69, 9.17) is 0 Å². The van der Waals surface area contributed by atoms with Crippen molar-refractivity contribution in [3.05, 3.63) is 71.8 Å². The van der Waals surface area contributed by atoms with Gasteiger partial charge in [-0.25, -0.2) is 0 Å². The van der Waals surface area contributed by atoms with Crippen LogP contribution < -0.4 is 9.80 Å². The molecule has 0 atom stereocenters. The van der Waals surface area contributed by atoms with Crippen molar-refractivity contribution >= 4 is 23.5 Å². The van der Waals surface area contributed by atoms with Crippen LogP contribution in [0.3, 0.4) is 0 Å².